The van der Waals surface area contributed by atoms with Crippen LogP contribution in [0.3, 0.4) is 0 Å². The molecule has 7 heteroatoms. The van der Waals surface area contributed by atoms with Crippen LogP contribution in [-0.2, 0) is 29.1 Å². The number of ether oxygens (including phenoxy) is 1. The second-order valence-electron chi connectivity index (χ2n) is 5.26. The van der Waals surface area contributed by atoms with E-state index in [-0.39, 0.29) is 31.1 Å². The summed E-state index contributed by atoms with van der Waals surface area (Å²) in [6.07, 6.45) is 2.45. The molecule has 0 bridgehead atoms. The van der Waals surface area contributed by atoms with Crippen LogP contribution in [0.15, 0.2) is 40.8 Å². The first-order valence-corrected chi connectivity index (χ1v) is 8.58. The number of benzene rings is 1. The molecule has 124 valence electrons. The number of thiazole rings is 1. The molecule has 3 rings (SSSR count). The summed E-state index contributed by atoms with van der Waals surface area (Å²) >= 11 is 1.56. The minimum atomic E-state index is -0.360. The molecule has 2 heterocycles. The molecular formula is C17H17N3O3S. The van der Waals surface area contributed by atoms with Crippen LogP contribution in [0.5, 0.6) is 0 Å². The summed E-state index contributed by atoms with van der Waals surface area (Å²) in [5, 5.41) is 3.46. The molecule has 0 radical (unpaired) electrons. The minimum Gasteiger partial charge on any atom is -0.459 e. The van der Waals surface area contributed by atoms with Crippen LogP contribution in [0.2, 0.25) is 0 Å². The van der Waals surface area contributed by atoms with Crippen LogP contribution in [-0.4, -0.2) is 20.5 Å². The Morgan fingerprint density at radius 1 is 1.33 bits per heavy atom. The molecule has 0 atom stereocenters. The summed E-state index contributed by atoms with van der Waals surface area (Å²) in [5.41, 5.74) is 1.26. The van der Waals surface area contributed by atoms with E-state index in [9.17, 15) is 9.59 Å². The van der Waals surface area contributed by atoms with Crippen LogP contribution < -0.4 is 5.56 Å². The number of hydrogen-bond donors (Lipinski definition) is 0. The van der Waals surface area contributed by atoms with Crippen molar-refractivity contribution in [2.24, 2.45) is 0 Å². The average molecular weight is 343 g/mol. The molecular weight excluding hydrogens is 326 g/mol. The van der Waals surface area contributed by atoms with E-state index in [4.69, 9.17) is 4.74 Å². The number of hydrogen-bond acceptors (Lipinski definition) is 6. The van der Waals surface area contributed by atoms with Gasteiger partial charge in [0.2, 0.25) is 0 Å². The lowest BCUT2D eigenvalue weighted by molar-refractivity contribution is -0.145. The predicted octanol–water partition coefficient (Wildman–Crippen LogP) is 2.55. The molecule has 0 aliphatic carbocycles. The van der Waals surface area contributed by atoms with Crippen molar-refractivity contribution in [2.75, 3.05) is 0 Å². The zero-order valence-electron chi connectivity index (χ0n) is 13.3. The van der Waals surface area contributed by atoms with E-state index in [0.717, 1.165) is 17.1 Å². The molecule has 0 N–H and O–H groups in total. The highest BCUT2D eigenvalue weighted by Gasteiger charge is 2.08. The Bertz CT molecular complexity index is 917. The van der Waals surface area contributed by atoms with Crippen LogP contribution in [0.1, 0.15) is 24.0 Å². The SMILES string of the molecule is CCc1nc(COC(=O)CCn2cnc3ccccc3c2=O)cs1. The van der Waals surface area contributed by atoms with E-state index < -0.39 is 0 Å². The normalized spacial score (nSPS) is 10.9. The second-order valence-corrected chi connectivity index (χ2v) is 6.20. The highest BCUT2D eigenvalue weighted by molar-refractivity contribution is 7.09. The van der Waals surface area contributed by atoms with Crippen molar-refractivity contribution in [3.63, 3.8) is 0 Å². The highest BCUT2D eigenvalue weighted by Crippen LogP contribution is 2.11. The molecule has 0 fully saturated rings. The van der Waals surface area contributed by atoms with Gasteiger partial charge in [-0.15, -0.1) is 11.3 Å². The molecule has 0 unspecified atom stereocenters. The molecule has 6 nitrogen and oxygen atoms in total. The lowest BCUT2D eigenvalue weighted by atomic mass is 10.2. The molecule has 0 saturated heterocycles. The molecule has 0 saturated carbocycles. The molecule has 0 amide bonds. The third kappa shape index (κ3) is 3.68. The summed E-state index contributed by atoms with van der Waals surface area (Å²) < 4.78 is 6.64. The van der Waals surface area contributed by atoms with E-state index >= 15 is 0 Å². The zero-order chi connectivity index (χ0) is 16.9. The fraction of sp³-hybridized carbons (Fsp3) is 0.294. The standard InChI is InChI=1S/C17H17N3O3S/c1-2-15-19-12(10-24-15)9-23-16(21)7-8-20-11-18-14-6-4-3-5-13(14)17(20)22/h3-6,10-11H,2,7-9H2,1H3. The topological polar surface area (TPSA) is 74.1 Å². The fourth-order valence-electron chi connectivity index (χ4n) is 2.28. The Morgan fingerprint density at radius 2 is 2.17 bits per heavy atom. The van der Waals surface area contributed by atoms with Gasteiger partial charge in [0.1, 0.15) is 6.61 Å². The molecule has 1 aromatic carbocycles. The Kier molecular flexibility index (Phi) is 5.00. The van der Waals surface area contributed by atoms with Crippen LogP contribution in [0, 0.1) is 0 Å². The number of rotatable bonds is 6. The van der Waals surface area contributed by atoms with Gasteiger partial charge in [0.05, 0.1) is 34.4 Å². The predicted molar refractivity (Wildman–Crippen MR) is 91.9 cm³/mol. The van der Waals surface area contributed by atoms with Crippen molar-refractivity contribution in [3.05, 3.63) is 57.0 Å². The van der Waals surface area contributed by atoms with Crippen molar-refractivity contribution in [1.82, 2.24) is 14.5 Å². The lowest BCUT2D eigenvalue weighted by Crippen LogP contribution is -2.22. The number of nitrogens with zero attached hydrogens (tertiary/aromatic N) is 3. The monoisotopic (exact) mass is 343 g/mol. The van der Waals surface area contributed by atoms with E-state index in [1.807, 2.05) is 18.4 Å². The number of esters is 1. The van der Waals surface area contributed by atoms with Crippen molar-refractivity contribution in [2.45, 2.75) is 32.9 Å². The minimum absolute atomic E-state index is 0.116. The van der Waals surface area contributed by atoms with Gasteiger partial charge in [0, 0.05) is 11.9 Å². The summed E-state index contributed by atoms with van der Waals surface area (Å²) in [7, 11) is 0. The first kappa shape index (κ1) is 16.3. The van der Waals surface area contributed by atoms with Crippen molar-refractivity contribution >= 4 is 28.2 Å². The van der Waals surface area contributed by atoms with Gasteiger partial charge in [-0.1, -0.05) is 19.1 Å². The maximum Gasteiger partial charge on any atom is 0.307 e. The molecule has 0 spiro atoms. The van der Waals surface area contributed by atoms with Gasteiger partial charge in [0.15, 0.2) is 0 Å². The van der Waals surface area contributed by atoms with Gasteiger partial charge in [-0.05, 0) is 18.6 Å². The first-order chi connectivity index (χ1) is 11.7. The number of fused-ring (bicyclic) bond motifs is 1. The van der Waals surface area contributed by atoms with Gasteiger partial charge in [-0.25, -0.2) is 9.97 Å². The molecule has 2 aromatic heterocycles. The zero-order valence-corrected chi connectivity index (χ0v) is 14.1. The summed E-state index contributed by atoms with van der Waals surface area (Å²) in [5.74, 6) is -0.360. The maximum absolute atomic E-state index is 12.3. The van der Waals surface area contributed by atoms with E-state index in [0.29, 0.717) is 10.9 Å². The summed E-state index contributed by atoms with van der Waals surface area (Å²) in [6.45, 7) is 2.44. The Labute approximate surface area is 142 Å². The Balaban J connectivity index is 1.58. The molecule has 0 aliphatic rings. The first-order valence-electron chi connectivity index (χ1n) is 7.70. The third-order valence-electron chi connectivity index (χ3n) is 3.57. The highest BCUT2D eigenvalue weighted by atomic mass is 32.1. The Hall–Kier alpha value is -2.54. The largest absolute Gasteiger partial charge is 0.459 e. The number of para-hydroxylation sites is 1. The molecule has 24 heavy (non-hydrogen) atoms. The third-order valence-corrected chi connectivity index (χ3v) is 4.61. The van der Waals surface area contributed by atoms with Crippen LogP contribution in [0.4, 0.5) is 0 Å². The van der Waals surface area contributed by atoms with Gasteiger partial charge in [-0.3, -0.25) is 14.2 Å². The van der Waals surface area contributed by atoms with Crippen molar-refractivity contribution in [3.8, 4) is 0 Å². The fourth-order valence-corrected chi connectivity index (χ4v) is 3.01. The maximum atomic E-state index is 12.3. The summed E-state index contributed by atoms with van der Waals surface area (Å²) in [4.78, 5) is 32.7. The molecule has 3 aromatic rings. The van der Waals surface area contributed by atoms with Crippen LogP contribution >= 0.6 is 11.3 Å². The number of aromatic nitrogens is 3. The lowest BCUT2D eigenvalue weighted by Gasteiger charge is -2.06. The second kappa shape index (κ2) is 7.35. The smallest absolute Gasteiger partial charge is 0.307 e. The number of carbonyl (C=O) groups excluding carboxylic acids is 1. The Morgan fingerprint density at radius 3 is 2.96 bits per heavy atom. The van der Waals surface area contributed by atoms with E-state index in [2.05, 4.69) is 9.97 Å². The average Bonchev–Trinajstić information content (AvgIpc) is 3.08. The van der Waals surface area contributed by atoms with Gasteiger partial charge >= 0.3 is 5.97 Å². The number of aryl methyl sites for hydroxylation is 2. The van der Waals surface area contributed by atoms with Crippen molar-refractivity contribution < 1.29 is 9.53 Å². The summed E-state index contributed by atoms with van der Waals surface area (Å²) in [6, 6.07) is 7.14. The van der Waals surface area contributed by atoms with Gasteiger partial charge in [0.25, 0.3) is 5.56 Å². The van der Waals surface area contributed by atoms with Gasteiger partial charge < -0.3 is 4.74 Å². The van der Waals surface area contributed by atoms with Crippen LogP contribution in [0.25, 0.3) is 10.9 Å². The quantitative estimate of drug-likeness (QED) is 0.643. The van der Waals surface area contributed by atoms with E-state index in [1.165, 1.54) is 10.9 Å². The van der Waals surface area contributed by atoms with Gasteiger partial charge in [-0.2, -0.15) is 0 Å². The van der Waals surface area contributed by atoms with Crippen molar-refractivity contribution in [1.29, 1.82) is 0 Å². The van der Waals surface area contributed by atoms with E-state index in [1.54, 1.807) is 29.5 Å². The molecule has 0 aliphatic heterocycles. The number of carbonyl (C=O) groups is 1.